The lowest BCUT2D eigenvalue weighted by Gasteiger charge is -2.42. The monoisotopic (exact) mass is 320 g/mol. The van der Waals surface area contributed by atoms with Gasteiger partial charge in [-0.1, -0.05) is 12.5 Å². The number of hydrogen-bond acceptors (Lipinski definition) is 4. The first-order valence-corrected chi connectivity index (χ1v) is 8.14. The number of rotatable bonds is 8. The molecule has 0 saturated heterocycles. The topological polar surface area (TPSA) is 67.8 Å². The highest BCUT2D eigenvalue weighted by Gasteiger charge is 2.36. The molecule has 1 saturated carbocycles. The van der Waals surface area contributed by atoms with Crippen LogP contribution < -0.4 is 15.4 Å². The standard InChI is InChI=1S/C17H28N4O2/c1-18-16(20-12-14-5-6-15(23-3)19-11-14)21-13-17(7-4-8-17)9-10-22-2/h5-6,11H,4,7-10,12-13H2,1-3H3,(H2,18,20,21). The molecule has 0 bridgehead atoms. The first-order chi connectivity index (χ1) is 11.2. The van der Waals surface area contributed by atoms with Gasteiger partial charge in [-0.3, -0.25) is 4.99 Å². The first kappa shape index (κ1) is 17.5. The summed E-state index contributed by atoms with van der Waals surface area (Å²) in [5.74, 6) is 1.45. The second kappa shape index (κ2) is 8.72. The molecule has 1 heterocycles. The van der Waals surface area contributed by atoms with Gasteiger partial charge in [-0.2, -0.15) is 0 Å². The van der Waals surface area contributed by atoms with Crippen molar-refractivity contribution < 1.29 is 9.47 Å². The van der Waals surface area contributed by atoms with Crippen LogP contribution in [0.25, 0.3) is 0 Å². The summed E-state index contributed by atoms with van der Waals surface area (Å²) in [7, 11) is 5.18. The van der Waals surface area contributed by atoms with Gasteiger partial charge in [0.15, 0.2) is 5.96 Å². The molecule has 0 atom stereocenters. The molecular weight excluding hydrogens is 292 g/mol. The molecule has 0 aromatic carbocycles. The van der Waals surface area contributed by atoms with Gasteiger partial charge in [0, 0.05) is 46.1 Å². The van der Waals surface area contributed by atoms with Crippen molar-refractivity contribution >= 4 is 5.96 Å². The van der Waals surface area contributed by atoms with E-state index in [0.717, 1.165) is 31.1 Å². The Balaban J connectivity index is 1.78. The highest BCUT2D eigenvalue weighted by molar-refractivity contribution is 5.79. The maximum absolute atomic E-state index is 5.24. The average molecular weight is 320 g/mol. The second-order valence-electron chi connectivity index (χ2n) is 6.08. The molecule has 1 fully saturated rings. The molecule has 128 valence electrons. The number of ether oxygens (including phenoxy) is 2. The third-order valence-electron chi connectivity index (χ3n) is 4.57. The lowest BCUT2D eigenvalue weighted by Crippen LogP contribution is -2.46. The average Bonchev–Trinajstić information content (AvgIpc) is 2.56. The molecule has 1 aromatic heterocycles. The van der Waals surface area contributed by atoms with Crippen molar-refractivity contribution in [1.29, 1.82) is 0 Å². The Morgan fingerprint density at radius 2 is 2.13 bits per heavy atom. The van der Waals surface area contributed by atoms with Crippen molar-refractivity contribution in [2.24, 2.45) is 10.4 Å². The fourth-order valence-electron chi connectivity index (χ4n) is 2.82. The van der Waals surface area contributed by atoms with Gasteiger partial charge in [-0.05, 0) is 30.2 Å². The summed E-state index contributed by atoms with van der Waals surface area (Å²) in [5.41, 5.74) is 1.46. The predicted molar refractivity (Wildman–Crippen MR) is 91.8 cm³/mol. The third kappa shape index (κ3) is 5.10. The molecule has 6 nitrogen and oxygen atoms in total. The van der Waals surface area contributed by atoms with Crippen LogP contribution in [0.1, 0.15) is 31.2 Å². The van der Waals surface area contributed by atoms with Gasteiger partial charge >= 0.3 is 0 Å². The van der Waals surface area contributed by atoms with E-state index in [1.54, 1.807) is 21.3 Å². The zero-order valence-corrected chi connectivity index (χ0v) is 14.4. The third-order valence-corrected chi connectivity index (χ3v) is 4.57. The minimum absolute atomic E-state index is 0.370. The minimum atomic E-state index is 0.370. The number of pyridine rings is 1. The Morgan fingerprint density at radius 3 is 2.65 bits per heavy atom. The van der Waals surface area contributed by atoms with E-state index in [1.165, 1.54) is 19.3 Å². The normalized spacial score (nSPS) is 16.6. The largest absolute Gasteiger partial charge is 0.481 e. The summed E-state index contributed by atoms with van der Waals surface area (Å²) < 4.78 is 10.3. The predicted octanol–water partition coefficient (Wildman–Crippen LogP) is 1.96. The van der Waals surface area contributed by atoms with Gasteiger partial charge in [-0.25, -0.2) is 4.98 Å². The van der Waals surface area contributed by atoms with Gasteiger partial charge in [0.1, 0.15) is 0 Å². The molecule has 0 aliphatic heterocycles. The Labute approximate surface area is 138 Å². The van der Waals surface area contributed by atoms with Crippen molar-refractivity contribution in [3.8, 4) is 5.88 Å². The zero-order chi connectivity index (χ0) is 16.5. The number of methoxy groups -OCH3 is 2. The molecule has 2 rings (SSSR count). The summed E-state index contributed by atoms with van der Waals surface area (Å²) in [6, 6.07) is 3.86. The van der Waals surface area contributed by atoms with Crippen molar-refractivity contribution in [2.45, 2.75) is 32.2 Å². The van der Waals surface area contributed by atoms with Crippen LogP contribution >= 0.6 is 0 Å². The highest BCUT2D eigenvalue weighted by atomic mass is 16.5. The molecule has 1 aliphatic rings. The molecule has 0 spiro atoms. The number of guanidine groups is 1. The SMILES string of the molecule is CN=C(NCc1ccc(OC)nc1)NCC1(CCOC)CCC1. The number of hydrogen-bond donors (Lipinski definition) is 2. The van der Waals surface area contributed by atoms with E-state index in [2.05, 4.69) is 20.6 Å². The van der Waals surface area contributed by atoms with Crippen LogP contribution in [0.3, 0.4) is 0 Å². The van der Waals surface area contributed by atoms with Crippen molar-refractivity contribution in [3.05, 3.63) is 23.9 Å². The highest BCUT2D eigenvalue weighted by Crippen LogP contribution is 2.43. The van der Waals surface area contributed by atoms with E-state index in [9.17, 15) is 0 Å². The lowest BCUT2D eigenvalue weighted by molar-refractivity contribution is 0.0732. The van der Waals surface area contributed by atoms with Gasteiger partial charge in [0.2, 0.25) is 5.88 Å². The number of nitrogens with zero attached hydrogens (tertiary/aromatic N) is 2. The summed E-state index contributed by atoms with van der Waals surface area (Å²) in [5, 5.41) is 6.78. The van der Waals surface area contributed by atoms with E-state index in [1.807, 2.05) is 18.3 Å². The van der Waals surface area contributed by atoms with Gasteiger partial charge in [0.05, 0.1) is 7.11 Å². The van der Waals surface area contributed by atoms with E-state index >= 15 is 0 Å². The zero-order valence-electron chi connectivity index (χ0n) is 14.4. The van der Waals surface area contributed by atoms with Crippen LogP contribution in [0.5, 0.6) is 5.88 Å². The van der Waals surface area contributed by atoms with Gasteiger partial charge < -0.3 is 20.1 Å². The molecule has 6 heteroatoms. The van der Waals surface area contributed by atoms with Gasteiger partial charge in [-0.15, -0.1) is 0 Å². The van der Waals surface area contributed by atoms with E-state index in [0.29, 0.717) is 17.8 Å². The van der Waals surface area contributed by atoms with E-state index < -0.39 is 0 Å². The van der Waals surface area contributed by atoms with Crippen molar-refractivity contribution in [1.82, 2.24) is 15.6 Å². The molecule has 0 unspecified atom stereocenters. The molecule has 23 heavy (non-hydrogen) atoms. The summed E-state index contributed by atoms with van der Waals surface area (Å²) in [4.78, 5) is 8.50. The summed E-state index contributed by atoms with van der Waals surface area (Å²) >= 11 is 0. The molecule has 0 radical (unpaired) electrons. The van der Waals surface area contributed by atoms with Crippen LogP contribution in [0.4, 0.5) is 0 Å². The van der Waals surface area contributed by atoms with Crippen LogP contribution in [0.2, 0.25) is 0 Å². The Morgan fingerprint density at radius 1 is 1.30 bits per heavy atom. The van der Waals surface area contributed by atoms with Crippen molar-refractivity contribution in [3.63, 3.8) is 0 Å². The fourth-order valence-corrected chi connectivity index (χ4v) is 2.82. The smallest absolute Gasteiger partial charge is 0.212 e. The molecule has 1 aliphatic carbocycles. The van der Waals surface area contributed by atoms with Crippen molar-refractivity contribution in [2.75, 3.05) is 34.4 Å². The summed E-state index contributed by atoms with van der Waals surface area (Å²) in [6.07, 6.45) is 6.77. The molecule has 1 aromatic rings. The quantitative estimate of drug-likeness (QED) is 0.566. The molecule has 0 amide bonds. The van der Waals surface area contributed by atoms with E-state index in [-0.39, 0.29) is 0 Å². The lowest BCUT2D eigenvalue weighted by atomic mass is 9.67. The number of nitrogens with one attached hydrogen (secondary N) is 2. The number of aromatic nitrogens is 1. The minimum Gasteiger partial charge on any atom is -0.481 e. The maximum Gasteiger partial charge on any atom is 0.212 e. The van der Waals surface area contributed by atoms with Crippen LogP contribution in [0, 0.1) is 5.41 Å². The fraction of sp³-hybridized carbons (Fsp3) is 0.647. The van der Waals surface area contributed by atoms with Crippen LogP contribution in [-0.4, -0.2) is 45.4 Å². The van der Waals surface area contributed by atoms with E-state index in [4.69, 9.17) is 9.47 Å². The van der Waals surface area contributed by atoms with Gasteiger partial charge in [0.25, 0.3) is 0 Å². The molecule has 2 N–H and O–H groups in total. The maximum atomic E-state index is 5.24. The van der Waals surface area contributed by atoms with Crippen LogP contribution in [0.15, 0.2) is 23.3 Å². The summed E-state index contributed by atoms with van der Waals surface area (Å²) in [6.45, 7) is 2.45. The Bertz CT molecular complexity index is 498. The number of aliphatic imine (C=N–C) groups is 1. The molecular formula is C17H28N4O2. The Kier molecular flexibility index (Phi) is 6.65. The van der Waals surface area contributed by atoms with Crippen LogP contribution in [-0.2, 0) is 11.3 Å². The second-order valence-corrected chi connectivity index (χ2v) is 6.08. The Hall–Kier alpha value is -1.82. The first-order valence-electron chi connectivity index (χ1n) is 8.14.